The number of hydrogen-bond donors (Lipinski definition) is 0. The highest BCUT2D eigenvalue weighted by Gasteiger charge is 2.42. The molecule has 0 amide bonds. The number of ether oxygens (including phenoxy) is 1. The van der Waals surface area contributed by atoms with Crippen LogP contribution >= 0.6 is 0 Å². The third kappa shape index (κ3) is 4.97. The monoisotopic (exact) mass is 474 g/mol. The van der Waals surface area contributed by atoms with Crippen molar-refractivity contribution in [1.29, 1.82) is 0 Å². The van der Waals surface area contributed by atoms with Crippen LogP contribution in [0.25, 0.3) is 0 Å². The van der Waals surface area contributed by atoms with E-state index in [1.807, 2.05) is 0 Å². The van der Waals surface area contributed by atoms with Crippen molar-refractivity contribution in [3.8, 4) is 0 Å². The number of benzene rings is 1. The Hall–Kier alpha value is -2.79. The number of pyridine rings is 1. The quantitative estimate of drug-likeness (QED) is 0.559. The van der Waals surface area contributed by atoms with Crippen LogP contribution in [0.1, 0.15) is 60.9 Å². The Morgan fingerprint density at radius 1 is 1.14 bits per heavy atom. The lowest BCUT2D eigenvalue weighted by Crippen LogP contribution is -2.45. The van der Waals surface area contributed by atoms with Crippen LogP contribution in [0, 0.1) is 25.6 Å². The van der Waals surface area contributed by atoms with Gasteiger partial charge in [-0.3, -0.25) is 9.78 Å². The van der Waals surface area contributed by atoms with Gasteiger partial charge < -0.3 is 9.64 Å². The van der Waals surface area contributed by atoms with Crippen molar-refractivity contribution < 1.29 is 13.9 Å². The van der Waals surface area contributed by atoms with Gasteiger partial charge in [-0.25, -0.2) is 4.39 Å². The Labute approximate surface area is 207 Å². The first kappa shape index (κ1) is 23.9. The number of carbonyl (C=O) groups excluding carboxylic acids is 1. The highest BCUT2D eigenvalue weighted by molar-refractivity contribution is 5.83. The predicted molar refractivity (Wildman–Crippen MR) is 136 cm³/mol. The first-order valence-corrected chi connectivity index (χ1v) is 12.8. The highest BCUT2D eigenvalue weighted by atomic mass is 19.1. The number of nitrogens with zero attached hydrogens (tertiary/aromatic N) is 2. The van der Waals surface area contributed by atoms with Gasteiger partial charge in [0, 0.05) is 30.6 Å². The Kier molecular flexibility index (Phi) is 6.63. The molecule has 3 unspecified atom stereocenters. The summed E-state index contributed by atoms with van der Waals surface area (Å²) >= 11 is 0. The average molecular weight is 475 g/mol. The van der Waals surface area contributed by atoms with E-state index in [1.165, 1.54) is 40.2 Å². The summed E-state index contributed by atoms with van der Waals surface area (Å²) in [5.41, 5.74) is 6.95. The summed E-state index contributed by atoms with van der Waals surface area (Å²) in [7, 11) is 0. The van der Waals surface area contributed by atoms with Gasteiger partial charge in [-0.2, -0.15) is 0 Å². The Morgan fingerprint density at radius 3 is 2.80 bits per heavy atom. The van der Waals surface area contributed by atoms with Gasteiger partial charge in [0.05, 0.1) is 17.5 Å². The number of rotatable bonds is 4. The SMILES string of the molecule is CC1=C(N2CCCC3(CC2)CC(Cc2cc(C)ccc2C)C(=O)CO3)C=CC1c1ccc(F)cn1. The van der Waals surface area contributed by atoms with Gasteiger partial charge in [0.2, 0.25) is 0 Å². The van der Waals surface area contributed by atoms with Crippen molar-refractivity contribution in [2.45, 2.75) is 64.4 Å². The molecule has 1 aliphatic carbocycles. The molecule has 2 saturated heterocycles. The number of likely N-dealkylation sites (tertiary alicyclic amines) is 1. The van der Waals surface area contributed by atoms with Crippen molar-refractivity contribution in [2.75, 3.05) is 19.7 Å². The number of Topliss-reactive ketones (excluding diaryl/α,β-unsaturated/α-hetero) is 1. The Bertz CT molecular complexity index is 1170. The summed E-state index contributed by atoms with van der Waals surface area (Å²) in [6.07, 6.45) is 10.2. The molecule has 35 heavy (non-hydrogen) atoms. The number of allylic oxidation sites excluding steroid dienone is 3. The molecule has 5 rings (SSSR count). The fourth-order valence-corrected chi connectivity index (χ4v) is 6.06. The van der Waals surface area contributed by atoms with E-state index in [1.54, 1.807) is 6.07 Å². The number of carbonyl (C=O) groups is 1. The smallest absolute Gasteiger partial charge is 0.161 e. The molecule has 0 N–H and O–H groups in total. The predicted octanol–water partition coefficient (Wildman–Crippen LogP) is 5.84. The number of ketones is 1. The van der Waals surface area contributed by atoms with Gasteiger partial charge in [-0.1, -0.05) is 29.8 Å². The lowest BCUT2D eigenvalue weighted by Gasteiger charge is -2.40. The topological polar surface area (TPSA) is 42.4 Å². The minimum absolute atomic E-state index is 0.0251. The first-order valence-electron chi connectivity index (χ1n) is 12.8. The molecule has 4 nitrogen and oxygen atoms in total. The summed E-state index contributed by atoms with van der Waals surface area (Å²) in [6, 6.07) is 9.78. The van der Waals surface area contributed by atoms with Crippen LogP contribution < -0.4 is 0 Å². The molecule has 0 saturated carbocycles. The standard InChI is InChI=1S/C30H35FN2O2/c1-20-5-6-21(2)23(15-20)16-24-17-30(35-19-29(24)34)11-4-13-33(14-12-30)28-10-8-26(22(28)3)27-9-7-25(31)18-32-27/h5-10,15,18,24,26H,4,11-14,16-17,19H2,1-3H3. The third-order valence-corrected chi connectivity index (χ3v) is 8.19. The fraction of sp³-hybridized carbons (Fsp3) is 0.467. The summed E-state index contributed by atoms with van der Waals surface area (Å²) < 4.78 is 19.6. The molecule has 1 spiro atoms. The van der Waals surface area contributed by atoms with Gasteiger partial charge >= 0.3 is 0 Å². The minimum Gasteiger partial charge on any atom is -0.371 e. The van der Waals surface area contributed by atoms with Crippen LogP contribution in [-0.2, 0) is 16.0 Å². The molecule has 5 heteroatoms. The van der Waals surface area contributed by atoms with Gasteiger partial charge in [-0.05, 0) is 87.8 Å². The zero-order valence-electron chi connectivity index (χ0n) is 21.0. The van der Waals surface area contributed by atoms with Crippen molar-refractivity contribution in [3.05, 3.63) is 88.2 Å². The molecule has 1 aromatic heterocycles. The Balaban J connectivity index is 1.29. The molecule has 2 aliphatic heterocycles. The summed E-state index contributed by atoms with van der Waals surface area (Å²) in [5.74, 6) is 0.0483. The van der Waals surface area contributed by atoms with Crippen LogP contribution in [0.2, 0.25) is 0 Å². The molecule has 0 bridgehead atoms. The van der Waals surface area contributed by atoms with Gasteiger partial charge in [-0.15, -0.1) is 0 Å². The summed E-state index contributed by atoms with van der Waals surface area (Å²) in [4.78, 5) is 19.6. The van der Waals surface area contributed by atoms with Crippen molar-refractivity contribution >= 4 is 5.78 Å². The second-order valence-corrected chi connectivity index (χ2v) is 10.6. The molecule has 1 aromatic carbocycles. The zero-order chi connectivity index (χ0) is 24.6. The zero-order valence-corrected chi connectivity index (χ0v) is 21.0. The molecule has 2 aromatic rings. The van der Waals surface area contributed by atoms with Crippen LogP contribution in [0.5, 0.6) is 0 Å². The molecular formula is C30H35FN2O2. The molecule has 3 heterocycles. The lowest BCUT2D eigenvalue weighted by molar-refractivity contribution is -0.153. The van der Waals surface area contributed by atoms with Gasteiger partial charge in [0.15, 0.2) is 5.78 Å². The van der Waals surface area contributed by atoms with Gasteiger partial charge in [0.1, 0.15) is 12.4 Å². The maximum absolute atomic E-state index is 13.3. The molecule has 3 aliphatic rings. The number of halogens is 1. The molecule has 184 valence electrons. The highest BCUT2D eigenvalue weighted by Crippen LogP contribution is 2.40. The molecular weight excluding hydrogens is 439 g/mol. The van der Waals surface area contributed by atoms with E-state index in [4.69, 9.17) is 4.74 Å². The maximum atomic E-state index is 13.3. The molecule has 3 atom stereocenters. The molecule has 0 radical (unpaired) electrons. The minimum atomic E-state index is -0.308. The van der Waals surface area contributed by atoms with Crippen LogP contribution in [-0.4, -0.2) is 41.0 Å². The van der Waals surface area contributed by atoms with E-state index in [9.17, 15) is 9.18 Å². The van der Waals surface area contributed by atoms with E-state index < -0.39 is 0 Å². The second kappa shape index (κ2) is 9.69. The third-order valence-electron chi connectivity index (χ3n) is 8.19. The van der Waals surface area contributed by atoms with E-state index in [2.05, 4.69) is 61.0 Å². The second-order valence-electron chi connectivity index (χ2n) is 10.6. The van der Waals surface area contributed by atoms with Gasteiger partial charge in [0.25, 0.3) is 0 Å². The number of hydrogen-bond acceptors (Lipinski definition) is 4. The molecule has 2 fully saturated rings. The largest absolute Gasteiger partial charge is 0.371 e. The van der Waals surface area contributed by atoms with Crippen molar-refractivity contribution in [3.63, 3.8) is 0 Å². The summed E-state index contributed by atoms with van der Waals surface area (Å²) in [6.45, 7) is 8.52. The van der Waals surface area contributed by atoms with Crippen LogP contribution in [0.15, 0.2) is 60.0 Å². The normalized spacial score (nSPS) is 27.1. The Morgan fingerprint density at radius 2 is 2.00 bits per heavy atom. The van der Waals surface area contributed by atoms with Crippen molar-refractivity contribution in [2.24, 2.45) is 5.92 Å². The van der Waals surface area contributed by atoms with E-state index in [-0.39, 0.29) is 35.6 Å². The maximum Gasteiger partial charge on any atom is 0.161 e. The lowest BCUT2D eigenvalue weighted by atomic mass is 9.77. The van der Waals surface area contributed by atoms with Crippen molar-refractivity contribution in [1.82, 2.24) is 9.88 Å². The van der Waals surface area contributed by atoms with E-state index in [0.29, 0.717) is 0 Å². The van der Waals surface area contributed by atoms with Crippen LogP contribution in [0.3, 0.4) is 0 Å². The van der Waals surface area contributed by atoms with E-state index in [0.717, 1.165) is 50.9 Å². The fourth-order valence-electron chi connectivity index (χ4n) is 6.06. The number of aryl methyl sites for hydroxylation is 2. The average Bonchev–Trinajstić information content (AvgIpc) is 3.10. The van der Waals surface area contributed by atoms with Crippen LogP contribution in [0.4, 0.5) is 4.39 Å². The number of aromatic nitrogens is 1. The summed E-state index contributed by atoms with van der Waals surface area (Å²) in [5, 5.41) is 0. The van der Waals surface area contributed by atoms with E-state index >= 15 is 0 Å². The first-order chi connectivity index (χ1) is 16.8.